The zero-order valence-electron chi connectivity index (χ0n) is 14.9. The summed E-state index contributed by atoms with van der Waals surface area (Å²) in [5.74, 6) is 0.695. The van der Waals surface area contributed by atoms with Crippen molar-refractivity contribution < 1.29 is 10.2 Å². The van der Waals surface area contributed by atoms with Gasteiger partial charge in [0.1, 0.15) is 0 Å². The van der Waals surface area contributed by atoms with Crippen molar-refractivity contribution in [1.29, 1.82) is 0 Å². The zero-order chi connectivity index (χ0) is 16.6. The number of hydrogen-bond donors (Lipinski definition) is 2. The van der Waals surface area contributed by atoms with Crippen LogP contribution in [0.2, 0.25) is 0 Å². The molecular formula is C20H34O2. The summed E-state index contributed by atoms with van der Waals surface area (Å²) in [4.78, 5) is 0. The second kappa shape index (κ2) is 6.13. The maximum atomic E-state index is 11.7. The molecule has 0 aromatic heterocycles. The fourth-order valence-electron chi connectivity index (χ4n) is 5.40. The van der Waals surface area contributed by atoms with Crippen LogP contribution < -0.4 is 0 Å². The average Bonchev–Trinajstić information content (AvgIpc) is 2.50. The molecule has 0 saturated heterocycles. The molecule has 2 N–H and O–H groups in total. The Labute approximate surface area is 136 Å². The third-order valence-electron chi connectivity index (χ3n) is 7.17. The molecule has 0 radical (unpaired) electrons. The lowest BCUT2D eigenvalue weighted by Gasteiger charge is -2.63. The molecule has 0 heterocycles. The van der Waals surface area contributed by atoms with Gasteiger partial charge in [0.05, 0.1) is 5.60 Å². The Morgan fingerprint density at radius 3 is 2.55 bits per heavy atom. The number of fused-ring (bicyclic) bond motifs is 1. The molecule has 0 unspecified atom stereocenters. The molecule has 126 valence electrons. The normalized spacial score (nSPS) is 46.2. The topological polar surface area (TPSA) is 40.5 Å². The zero-order valence-corrected chi connectivity index (χ0v) is 14.9. The van der Waals surface area contributed by atoms with E-state index in [-0.39, 0.29) is 17.4 Å². The summed E-state index contributed by atoms with van der Waals surface area (Å²) in [6.07, 6.45) is 10.1. The van der Waals surface area contributed by atoms with Gasteiger partial charge >= 0.3 is 0 Å². The molecule has 2 heteroatoms. The number of allylic oxidation sites excluding steroid dienone is 2. The lowest BCUT2D eigenvalue weighted by molar-refractivity contribution is -0.215. The summed E-state index contributed by atoms with van der Waals surface area (Å²) < 4.78 is 0. The summed E-state index contributed by atoms with van der Waals surface area (Å²) in [5, 5.41) is 21.7. The lowest BCUT2D eigenvalue weighted by atomic mass is 9.44. The predicted octanol–water partition coefficient (Wildman–Crippen LogP) is 4.47. The van der Waals surface area contributed by atoms with Crippen molar-refractivity contribution in [1.82, 2.24) is 0 Å². The summed E-state index contributed by atoms with van der Waals surface area (Å²) in [5.41, 5.74) is 0.292. The summed E-state index contributed by atoms with van der Waals surface area (Å²) in [6, 6.07) is 0. The van der Waals surface area contributed by atoms with E-state index in [1.807, 2.05) is 13.0 Å². The molecule has 2 aliphatic carbocycles. The van der Waals surface area contributed by atoms with E-state index in [9.17, 15) is 10.2 Å². The molecule has 2 rings (SSSR count). The van der Waals surface area contributed by atoms with Gasteiger partial charge in [0.2, 0.25) is 0 Å². The van der Waals surface area contributed by atoms with Gasteiger partial charge in [0, 0.05) is 12.0 Å². The van der Waals surface area contributed by atoms with Crippen molar-refractivity contribution in [2.75, 3.05) is 6.61 Å². The SMILES string of the molecule is C=C/C(C)=C/C[C@@]1(O)[C@@H](C)CC[C@@H]2[C@](C)(CO)CCC[C@]21C. The van der Waals surface area contributed by atoms with Crippen molar-refractivity contribution in [3.05, 3.63) is 24.3 Å². The maximum absolute atomic E-state index is 11.7. The van der Waals surface area contributed by atoms with Crippen molar-refractivity contribution >= 4 is 0 Å². The lowest BCUT2D eigenvalue weighted by Crippen LogP contribution is -2.63. The van der Waals surface area contributed by atoms with Crippen LogP contribution in [0.25, 0.3) is 0 Å². The van der Waals surface area contributed by atoms with Crippen LogP contribution in [-0.2, 0) is 0 Å². The molecule has 22 heavy (non-hydrogen) atoms. The van der Waals surface area contributed by atoms with Crippen molar-refractivity contribution in [2.45, 2.75) is 71.8 Å². The second-order valence-corrected chi connectivity index (χ2v) is 8.39. The van der Waals surface area contributed by atoms with Gasteiger partial charge < -0.3 is 10.2 Å². The van der Waals surface area contributed by atoms with Gasteiger partial charge in [-0.2, -0.15) is 0 Å². The van der Waals surface area contributed by atoms with E-state index in [0.29, 0.717) is 18.3 Å². The minimum atomic E-state index is -0.683. The number of aliphatic hydroxyl groups excluding tert-OH is 1. The van der Waals surface area contributed by atoms with Gasteiger partial charge in [-0.25, -0.2) is 0 Å². The fourth-order valence-corrected chi connectivity index (χ4v) is 5.40. The van der Waals surface area contributed by atoms with Gasteiger partial charge in [0.15, 0.2) is 0 Å². The van der Waals surface area contributed by atoms with Crippen LogP contribution in [-0.4, -0.2) is 22.4 Å². The number of hydrogen-bond acceptors (Lipinski definition) is 2. The minimum absolute atomic E-state index is 0.0433. The highest BCUT2D eigenvalue weighted by atomic mass is 16.3. The first-order valence-corrected chi connectivity index (χ1v) is 8.86. The van der Waals surface area contributed by atoms with Crippen LogP contribution in [0.15, 0.2) is 24.3 Å². The first-order chi connectivity index (χ1) is 10.2. The molecule has 2 aliphatic rings. The highest BCUT2D eigenvalue weighted by Gasteiger charge is 2.61. The number of aliphatic hydroxyl groups is 2. The van der Waals surface area contributed by atoms with E-state index >= 15 is 0 Å². The van der Waals surface area contributed by atoms with Crippen molar-refractivity contribution in [3.63, 3.8) is 0 Å². The molecule has 0 spiro atoms. The van der Waals surface area contributed by atoms with E-state index in [4.69, 9.17) is 0 Å². The monoisotopic (exact) mass is 306 g/mol. The van der Waals surface area contributed by atoms with Crippen molar-refractivity contribution in [3.8, 4) is 0 Å². The number of rotatable bonds is 4. The van der Waals surface area contributed by atoms with E-state index in [2.05, 4.69) is 33.4 Å². The van der Waals surface area contributed by atoms with Crippen molar-refractivity contribution in [2.24, 2.45) is 22.7 Å². The quantitative estimate of drug-likeness (QED) is 0.752. The van der Waals surface area contributed by atoms with Crippen LogP contribution in [0.1, 0.15) is 66.2 Å². The molecule has 5 atom stereocenters. The smallest absolute Gasteiger partial charge is 0.0763 e. The Hall–Kier alpha value is -0.600. The summed E-state index contributed by atoms with van der Waals surface area (Å²) >= 11 is 0. The Morgan fingerprint density at radius 1 is 1.27 bits per heavy atom. The summed E-state index contributed by atoms with van der Waals surface area (Å²) in [7, 11) is 0. The Kier molecular flexibility index (Phi) is 4.94. The predicted molar refractivity (Wildman–Crippen MR) is 92.6 cm³/mol. The fraction of sp³-hybridized carbons (Fsp3) is 0.800. The van der Waals surface area contributed by atoms with E-state index < -0.39 is 5.60 Å². The first-order valence-electron chi connectivity index (χ1n) is 8.86. The third-order valence-corrected chi connectivity index (χ3v) is 7.17. The third kappa shape index (κ3) is 2.59. The van der Waals surface area contributed by atoms with Crippen LogP contribution >= 0.6 is 0 Å². The first kappa shape index (κ1) is 17.7. The molecule has 0 aliphatic heterocycles. The van der Waals surface area contributed by atoms with Gasteiger partial charge in [-0.3, -0.25) is 0 Å². The maximum Gasteiger partial charge on any atom is 0.0763 e. The molecule has 0 amide bonds. The highest BCUT2D eigenvalue weighted by molar-refractivity contribution is 5.18. The minimum Gasteiger partial charge on any atom is -0.396 e. The highest BCUT2D eigenvalue weighted by Crippen LogP contribution is 2.63. The second-order valence-electron chi connectivity index (χ2n) is 8.39. The Balaban J connectivity index is 2.41. The van der Waals surface area contributed by atoms with Crippen LogP contribution in [0, 0.1) is 22.7 Å². The van der Waals surface area contributed by atoms with Gasteiger partial charge in [-0.05, 0) is 56.3 Å². The Morgan fingerprint density at radius 2 is 1.95 bits per heavy atom. The van der Waals surface area contributed by atoms with E-state index in [0.717, 1.165) is 37.7 Å². The molecule has 2 fully saturated rings. The van der Waals surface area contributed by atoms with E-state index in [1.54, 1.807) is 0 Å². The molecule has 0 bridgehead atoms. The molecule has 2 nitrogen and oxygen atoms in total. The van der Waals surface area contributed by atoms with Gasteiger partial charge in [-0.15, -0.1) is 0 Å². The van der Waals surface area contributed by atoms with Crippen LogP contribution in [0.4, 0.5) is 0 Å². The molecular weight excluding hydrogens is 272 g/mol. The van der Waals surface area contributed by atoms with Gasteiger partial charge in [0.25, 0.3) is 0 Å². The van der Waals surface area contributed by atoms with Gasteiger partial charge in [-0.1, -0.05) is 51.5 Å². The molecule has 0 aromatic carbocycles. The standard InChI is InChI=1S/C20H34O2/c1-6-15(2)10-13-20(22)16(3)8-9-17-18(4,14-21)11-7-12-19(17,20)5/h6,10,16-17,21-22H,1,7-9,11-14H2,2-5H3/b15-10+/t16-,17+,18-,19+,20+/m0/s1. The van der Waals surface area contributed by atoms with Crippen LogP contribution in [0.5, 0.6) is 0 Å². The van der Waals surface area contributed by atoms with E-state index in [1.165, 1.54) is 0 Å². The molecule has 0 aromatic rings. The van der Waals surface area contributed by atoms with Crippen LogP contribution in [0.3, 0.4) is 0 Å². The largest absolute Gasteiger partial charge is 0.396 e. The summed E-state index contributed by atoms with van der Waals surface area (Å²) in [6.45, 7) is 12.8. The average molecular weight is 306 g/mol. The Bertz CT molecular complexity index is 455. The molecule has 2 saturated carbocycles.